The molecule has 0 radical (unpaired) electrons. The van der Waals surface area contributed by atoms with Gasteiger partial charge in [-0.3, -0.25) is 4.79 Å². The lowest BCUT2D eigenvalue weighted by atomic mass is 9.77. The number of nitriles is 1. The van der Waals surface area contributed by atoms with Crippen molar-refractivity contribution in [3.63, 3.8) is 0 Å². The third kappa shape index (κ3) is 5.70. The molecule has 0 atom stereocenters. The maximum absolute atomic E-state index is 15.0. The number of alkyl halides is 2. The number of hydrogen-bond acceptors (Lipinski definition) is 4. The van der Waals surface area contributed by atoms with Crippen LogP contribution in [0.4, 0.5) is 18.9 Å². The van der Waals surface area contributed by atoms with Crippen molar-refractivity contribution in [2.45, 2.75) is 49.8 Å². The van der Waals surface area contributed by atoms with Crippen molar-refractivity contribution < 1.29 is 26.4 Å². The molecule has 0 aliphatic heterocycles. The molecule has 236 valence electrons. The molecule has 0 amide bonds. The van der Waals surface area contributed by atoms with Gasteiger partial charge >= 0.3 is 0 Å². The fourth-order valence-electron chi connectivity index (χ4n) is 6.65. The van der Waals surface area contributed by atoms with Crippen molar-refractivity contribution in [2.75, 3.05) is 0 Å². The highest BCUT2D eigenvalue weighted by Crippen LogP contribution is 2.48. The van der Waals surface area contributed by atoms with E-state index in [1.54, 1.807) is 25.1 Å². The number of hydrogen-bond donors (Lipinski definition) is 0. The van der Waals surface area contributed by atoms with Gasteiger partial charge in [0.2, 0.25) is 0 Å². The molecule has 0 saturated heterocycles. The SMILES string of the molecule is [C-]#[N+]c1cccc(C#N)c1-c1c(-c2cccc(C3CCC(C(C)=O)CC3)c2)n(S(=O)(=O)c2ccc(C(F)F)cc2)c2ccc(F)cc12. The van der Waals surface area contributed by atoms with E-state index in [0.29, 0.717) is 5.56 Å². The summed E-state index contributed by atoms with van der Waals surface area (Å²) < 4.78 is 72.0. The van der Waals surface area contributed by atoms with E-state index in [1.807, 2.05) is 12.1 Å². The summed E-state index contributed by atoms with van der Waals surface area (Å²) in [6.07, 6.45) is 0.210. The van der Waals surface area contributed by atoms with Gasteiger partial charge in [0.05, 0.1) is 28.7 Å². The fourth-order valence-corrected chi connectivity index (χ4v) is 8.20. The van der Waals surface area contributed by atoms with Crippen LogP contribution in [-0.2, 0) is 14.8 Å². The molecule has 1 aliphatic rings. The Morgan fingerprint density at radius 3 is 2.30 bits per heavy atom. The molecule has 5 aromatic rings. The zero-order chi connectivity index (χ0) is 33.5. The van der Waals surface area contributed by atoms with Gasteiger partial charge < -0.3 is 0 Å². The second kappa shape index (κ2) is 12.5. The van der Waals surface area contributed by atoms with E-state index in [-0.39, 0.29) is 67.1 Å². The molecule has 0 bridgehead atoms. The second-order valence-electron chi connectivity index (χ2n) is 11.7. The molecule has 47 heavy (non-hydrogen) atoms. The van der Waals surface area contributed by atoms with Crippen molar-refractivity contribution in [3.8, 4) is 28.5 Å². The highest BCUT2D eigenvalue weighted by atomic mass is 32.2. The highest BCUT2D eigenvalue weighted by Gasteiger charge is 2.32. The van der Waals surface area contributed by atoms with Crippen molar-refractivity contribution in [2.24, 2.45) is 5.92 Å². The largest absolute Gasteiger partial charge is 0.300 e. The summed E-state index contributed by atoms with van der Waals surface area (Å²) in [7, 11) is -4.53. The molecule has 1 heterocycles. The van der Waals surface area contributed by atoms with Crippen molar-refractivity contribution in [1.29, 1.82) is 5.26 Å². The standard InChI is InChI=1S/C37H28F3N3O3S/c1-22(44)23-9-11-24(12-10-23)26-5-3-6-27(19-26)36-35(34-28(21-41)7-4-8-32(34)42-2)31-20-29(38)15-18-33(31)43(36)47(45,46)30-16-13-25(14-17-30)37(39)40/h3-8,13-20,23-24,37H,9-12H2,1H3. The minimum Gasteiger partial charge on any atom is -0.300 e. The predicted molar refractivity (Wildman–Crippen MR) is 173 cm³/mol. The summed E-state index contributed by atoms with van der Waals surface area (Å²) >= 11 is 0. The number of aromatic nitrogens is 1. The number of Topliss-reactive ketones (excluding diaryl/α,β-unsaturated/α-hetero) is 1. The zero-order valence-electron chi connectivity index (χ0n) is 25.3. The molecule has 1 fully saturated rings. The Balaban J connectivity index is 1.68. The zero-order valence-corrected chi connectivity index (χ0v) is 26.1. The Bertz CT molecular complexity index is 2190. The minimum absolute atomic E-state index is 0.00888. The van der Waals surface area contributed by atoms with E-state index in [0.717, 1.165) is 65.6 Å². The summed E-state index contributed by atoms with van der Waals surface area (Å²) in [6, 6.07) is 21.9. The van der Waals surface area contributed by atoms with Gasteiger partial charge in [0.1, 0.15) is 11.6 Å². The van der Waals surface area contributed by atoms with Crippen LogP contribution < -0.4 is 0 Å². The fraction of sp³-hybridized carbons (Fsp3) is 0.216. The van der Waals surface area contributed by atoms with Crippen molar-refractivity contribution >= 4 is 32.4 Å². The average Bonchev–Trinajstić information content (AvgIpc) is 3.42. The Kier molecular flexibility index (Phi) is 8.48. The Morgan fingerprint density at radius 2 is 1.66 bits per heavy atom. The van der Waals surface area contributed by atoms with Gasteiger partial charge in [-0.15, -0.1) is 0 Å². The Labute approximate surface area is 270 Å². The summed E-state index contributed by atoms with van der Waals surface area (Å²) in [5.74, 6) is -0.379. The lowest BCUT2D eigenvalue weighted by Crippen LogP contribution is -2.19. The molecule has 10 heteroatoms. The summed E-state index contributed by atoms with van der Waals surface area (Å²) in [4.78, 5) is 15.4. The monoisotopic (exact) mass is 651 g/mol. The van der Waals surface area contributed by atoms with Gasteiger partial charge in [0.25, 0.3) is 16.4 Å². The lowest BCUT2D eigenvalue weighted by Gasteiger charge is -2.27. The van der Waals surface area contributed by atoms with Crippen LogP contribution in [-0.4, -0.2) is 18.2 Å². The van der Waals surface area contributed by atoms with Crippen LogP contribution in [0.25, 0.3) is 38.1 Å². The first-order valence-corrected chi connectivity index (χ1v) is 16.5. The van der Waals surface area contributed by atoms with Gasteiger partial charge in [-0.2, -0.15) is 5.26 Å². The van der Waals surface area contributed by atoms with Crippen LogP contribution in [0.2, 0.25) is 0 Å². The molecule has 1 aromatic heterocycles. The number of benzene rings is 4. The van der Waals surface area contributed by atoms with E-state index in [2.05, 4.69) is 10.9 Å². The highest BCUT2D eigenvalue weighted by molar-refractivity contribution is 7.90. The van der Waals surface area contributed by atoms with Crippen LogP contribution in [0.5, 0.6) is 0 Å². The van der Waals surface area contributed by atoms with Gasteiger partial charge in [0, 0.05) is 39.1 Å². The van der Waals surface area contributed by atoms with Gasteiger partial charge in [-0.05, 0) is 86.6 Å². The van der Waals surface area contributed by atoms with Gasteiger partial charge in [0.15, 0.2) is 5.69 Å². The summed E-state index contributed by atoms with van der Waals surface area (Å²) in [5, 5.41) is 10.3. The number of carbonyl (C=O) groups excluding carboxylic acids is 1. The van der Waals surface area contributed by atoms with Crippen LogP contribution in [0, 0.1) is 29.6 Å². The Morgan fingerprint density at radius 1 is 0.957 bits per heavy atom. The third-order valence-corrected chi connectivity index (χ3v) is 10.8. The average molecular weight is 652 g/mol. The van der Waals surface area contributed by atoms with Crippen LogP contribution in [0.3, 0.4) is 0 Å². The van der Waals surface area contributed by atoms with E-state index < -0.39 is 22.3 Å². The second-order valence-corrected chi connectivity index (χ2v) is 13.5. The molecule has 6 rings (SSSR count). The molecule has 0 spiro atoms. The number of rotatable bonds is 7. The van der Waals surface area contributed by atoms with Crippen LogP contribution >= 0.6 is 0 Å². The first kappa shape index (κ1) is 31.8. The number of fused-ring (bicyclic) bond motifs is 1. The van der Waals surface area contributed by atoms with E-state index >= 15 is 0 Å². The van der Waals surface area contributed by atoms with Crippen molar-refractivity contribution in [1.82, 2.24) is 3.97 Å². The van der Waals surface area contributed by atoms with Crippen LogP contribution in [0.15, 0.2) is 89.8 Å². The van der Waals surface area contributed by atoms with E-state index in [1.165, 1.54) is 24.3 Å². The van der Waals surface area contributed by atoms with Gasteiger partial charge in [-0.25, -0.2) is 30.4 Å². The topological polar surface area (TPSA) is 84.3 Å². The summed E-state index contributed by atoms with van der Waals surface area (Å²) in [5.41, 5.74) is 1.74. The van der Waals surface area contributed by atoms with Crippen molar-refractivity contribution in [3.05, 3.63) is 119 Å². The first-order chi connectivity index (χ1) is 22.5. The molecular formula is C37H28F3N3O3S. The predicted octanol–water partition coefficient (Wildman–Crippen LogP) is 9.57. The molecule has 4 aromatic carbocycles. The molecule has 1 saturated carbocycles. The smallest absolute Gasteiger partial charge is 0.268 e. The lowest BCUT2D eigenvalue weighted by molar-refractivity contribution is -0.121. The normalized spacial score (nSPS) is 16.6. The Hall–Kier alpha value is -5.19. The first-order valence-electron chi connectivity index (χ1n) is 15.0. The number of ketones is 1. The number of halogens is 3. The minimum atomic E-state index is -4.53. The maximum Gasteiger partial charge on any atom is 0.268 e. The maximum atomic E-state index is 15.0. The van der Waals surface area contributed by atoms with E-state index in [4.69, 9.17) is 6.57 Å². The quantitative estimate of drug-likeness (QED) is 0.164. The number of nitrogens with zero attached hydrogens (tertiary/aromatic N) is 3. The molecule has 0 N–H and O–H groups in total. The summed E-state index contributed by atoms with van der Waals surface area (Å²) in [6.45, 7) is 9.50. The molecule has 0 unspecified atom stereocenters. The van der Waals surface area contributed by atoms with Crippen LogP contribution in [0.1, 0.15) is 61.6 Å². The van der Waals surface area contributed by atoms with E-state index in [9.17, 15) is 31.6 Å². The van der Waals surface area contributed by atoms with Gasteiger partial charge in [-0.1, -0.05) is 42.5 Å². The molecule has 6 nitrogen and oxygen atoms in total. The molecule has 1 aliphatic carbocycles. The number of carbonyl (C=O) groups is 1. The third-order valence-electron chi connectivity index (χ3n) is 9.02. The molecular weight excluding hydrogens is 623 g/mol.